The third-order valence-electron chi connectivity index (χ3n) is 2.54. The van der Waals surface area contributed by atoms with Crippen molar-refractivity contribution in [3.05, 3.63) is 59.7 Å². The van der Waals surface area contributed by atoms with Crippen LogP contribution in [0.15, 0.2) is 48.5 Å². The lowest BCUT2D eigenvalue weighted by Gasteiger charge is -2.07. The first kappa shape index (κ1) is 11.5. The molecule has 0 radical (unpaired) electrons. The van der Waals surface area contributed by atoms with Gasteiger partial charge in [0.05, 0.1) is 0 Å². The molecule has 88 valence electrons. The van der Waals surface area contributed by atoms with E-state index < -0.39 is 0 Å². The lowest BCUT2D eigenvalue weighted by Crippen LogP contribution is -1.98. The summed E-state index contributed by atoms with van der Waals surface area (Å²) < 4.78 is 5.63. The molecule has 0 aromatic heterocycles. The molecule has 0 heterocycles. The number of nitrogens with two attached hydrogens (primary N) is 2. The first-order chi connectivity index (χ1) is 8.28. The first-order valence-electron chi connectivity index (χ1n) is 5.54. The van der Waals surface area contributed by atoms with Crippen LogP contribution in [-0.4, -0.2) is 0 Å². The molecule has 0 aliphatic carbocycles. The maximum atomic E-state index is 5.63. The van der Waals surface area contributed by atoms with Crippen molar-refractivity contribution in [1.82, 2.24) is 0 Å². The number of nitrogen functional groups attached to an aromatic ring is 1. The lowest BCUT2D eigenvalue weighted by atomic mass is 10.1. The van der Waals surface area contributed by atoms with Crippen LogP contribution < -0.4 is 16.2 Å². The molecule has 0 saturated heterocycles. The van der Waals surface area contributed by atoms with Gasteiger partial charge >= 0.3 is 0 Å². The predicted molar refractivity (Wildman–Crippen MR) is 69.5 cm³/mol. The molecule has 0 saturated carbocycles. The van der Waals surface area contributed by atoms with E-state index in [9.17, 15) is 0 Å². The molecule has 17 heavy (non-hydrogen) atoms. The molecule has 2 rings (SSSR count). The van der Waals surface area contributed by atoms with Crippen molar-refractivity contribution in [2.45, 2.75) is 13.2 Å². The summed E-state index contributed by atoms with van der Waals surface area (Å²) >= 11 is 0. The van der Waals surface area contributed by atoms with Crippen molar-refractivity contribution in [3.63, 3.8) is 0 Å². The van der Waals surface area contributed by atoms with Gasteiger partial charge in [0.1, 0.15) is 12.4 Å². The van der Waals surface area contributed by atoms with Crippen LogP contribution in [0.25, 0.3) is 0 Å². The second-order valence-corrected chi connectivity index (χ2v) is 3.88. The van der Waals surface area contributed by atoms with E-state index in [0.29, 0.717) is 13.2 Å². The Hall–Kier alpha value is -2.00. The van der Waals surface area contributed by atoms with Gasteiger partial charge in [-0.1, -0.05) is 24.3 Å². The predicted octanol–water partition coefficient (Wildman–Crippen LogP) is 2.31. The number of benzene rings is 2. The number of hydrogen-bond donors (Lipinski definition) is 2. The van der Waals surface area contributed by atoms with Crippen LogP contribution in [-0.2, 0) is 13.2 Å². The molecular formula is C14H16N2O. The number of ether oxygens (including phenoxy) is 1. The van der Waals surface area contributed by atoms with Crippen molar-refractivity contribution < 1.29 is 4.74 Å². The fourth-order valence-corrected chi connectivity index (χ4v) is 1.50. The van der Waals surface area contributed by atoms with E-state index in [-0.39, 0.29) is 0 Å². The first-order valence-corrected chi connectivity index (χ1v) is 5.54. The lowest BCUT2D eigenvalue weighted by molar-refractivity contribution is 0.306. The maximum absolute atomic E-state index is 5.63. The second kappa shape index (κ2) is 5.37. The smallest absolute Gasteiger partial charge is 0.119 e. The zero-order chi connectivity index (χ0) is 12.1. The van der Waals surface area contributed by atoms with Crippen LogP contribution in [0, 0.1) is 0 Å². The summed E-state index contributed by atoms with van der Waals surface area (Å²) in [6.45, 7) is 1.12. The molecule has 0 amide bonds. The largest absolute Gasteiger partial charge is 0.489 e. The third-order valence-corrected chi connectivity index (χ3v) is 2.54. The zero-order valence-corrected chi connectivity index (χ0v) is 9.60. The van der Waals surface area contributed by atoms with Crippen LogP contribution in [0.3, 0.4) is 0 Å². The average molecular weight is 228 g/mol. The average Bonchev–Trinajstić information content (AvgIpc) is 2.39. The highest BCUT2D eigenvalue weighted by molar-refractivity contribution is 5.41. The Balaban J connectivity index is 1.95. The minimum Gasteiger partial charge on any atom is -0.489 e. The van der Waals surface area contributed by atoms with Crippen LogP contribution in [0.5, 0.6) is 5.75 Å². The minimum absolute atomic E-state index is 0.550. The van der Waals surface area contributed by atoms with E-state index in [1.54, 1.807) is 0 Å². The Morgan fingerprint density at radius 2 is 1.41 bits per heavy atom. The summed E-state index contributed by atoms with van der Waals surface area (Å²) in [7, 11) is 0. The monoisotopic (exact) mass is 228 g/mol. The summed E-state index contributed by atoms with van der Waals surface area (Å²) in [5, 5.41) is 0. The van der Waals surface area contributed by atoms with Gasteiger partial charge in [0, 0.05) is 12.2 Å². The van der Waals surface area contributed by atoms with Crippen molar-refractivity contribution in [3.8, 4) is 5.75 Å². The van der Waals surface area contributed by atoms with Crippen molar-refractivity contribution in [2.24, 2.45) is 5.73 Å². The standard InChI is InChI=1S/C14H16N2O/c15-9-11-1-3-12(4-2-11)10-17-14-7-5-13(16)6-8-14/h1-8H,9-10,15-16H2. The molecule has 0 spiro atoms. The second-order valence-electron chi connectivity index (χ2n) is 3.88. The Kier molecular flexibility index (Phi) is 3.62. The minimum atomic E-state index is 0.550. The quantitative estimate of drug-likeness (QED) is 0.789. The molecule has 3 heteroatoms. The number of rotatable bonds is 4. The van der Waals surface area contributed by atoms with E-state index >= 15 is 0 Å². The molecular weight excluding hydrogens is 212 g/mol. The van der Waals surface area contributed by atoms with Gasteiger partial charge in [-0.15, -0.1) is 0 Å². The topological polar surface area (TPSA) is 61.3 Å². The molecule has 0 aliphatic rings. The summed E-state index contributed by atoms with van der Waals surface area (Å²) in [5.41, 5.74) is 14.1. The van der Waals surface area contributed by atoms with E-state index in [1.165, 1.54) is 0 Å². The Bertz CT molecular complexity index is 463. The van der Waals surface area contributed by atoms with Gasteiger partial charge in [-0.3, -0.25) is 0 Å². The van der Waals surface area contributed by atoms with Gasteiger partial charge in [-0.05, 0) is 35.4 Å². The zero-order valence-electron chi connectivity index (χ0n) is 9.60. The van der Waals surface area contributed by atoms with Crippen LogP contribution in [0.1, 0.15) is 11.1 Å². The number of anilines is 1. The van der Waals surface area contributed by atoms with Crippen molar-refractivity contribution in [2.75, 3.05) is 5.73 Å². The van der Waals surface area contributed by atoms with Gasteiger partial charge in [0.25, 0.3) is 0 Å². The van der Waals surface area contributed by atoms with Crippen molar-refractivity contribution in [1.29, 1.82) is 0 Å². The highest BCUT2D eigenvalue weighted by Gasteiger charge is 1.96. The van der Waals surface area contributed by atoms with Crippen molar-refractivity contribution >= 4 is 5.69 Å². The van der Waals surface area contributed by atoms with E-state index in [0.717, 1.165) is 22.6 Å². The number of hydrogen-bond acceptors (Lipinski definition) is 3. The third kappa shape index (κ3) is 3.23. The summed E-state index contributed by atoms with van der Waals surface area (Å²) in [6.07, 6.45) is 0. The van der Waals surface area contributed by atoms with Gasteiger partial charge in [-0.25, -0.2) is 0 Å². The van der Waals surface area contributed by atoms with E-state index in [1.807, 2.05) is 48.5 Å². The molecule has 2 aromatic rings. The van der Waals surface area contributed by atoms with Gasteiger partial charge < -0.3 is 16.2 Å². The molecule has 4 N–H and O–H groups in total. The summed E-state index contributed by atoms with van der Waals surface area (Å²) in [6, 6.07) is 15.5. The molecule has 0 atom stereocenters. The molecule has 0 aliphatic heterocycles. The molecule has 0 bridgehead atoms. The van der Waals surface area contributed by atoms with E-state index in [2.05, 4.69) is 0 Å². The van der Waals surface area contributed by atoms with Gasteiger partial charge in [0.15, 0.2) is 0 Å². The van der Waals surface area contributed by atoms with Crippen LogP contribution in [0.2, 0.25) is 0 Å². The molecule has 2 aromatic carbocycles. The SMILES string of the molecule is NCc1ccc(COc2ccc(N)cc2)cc1. The normalized spacial score (nSPS) is 10.2. The molecule has 0 unspecified atom stereocenters. The summed E-state index contributed by atoms with van der Waals surface area (Å²) in [5.74, 6) is 0.821. The van der Waals surface area contributed by atoms with Crippen LogP contribution in [0.4, 0.5) is 5.69 Å². The Labute approximate surface area is 101 Å². The molecule has 0 fully saturated rings. The Morgan fingerprint density at radius 1 is 0.824 bits per heavy atom. The molecule has 3 nitrogen and oxygen atoms in total. The highest BCUT2D eigenvalue weighted by Crippen LogP contribution is 2.15. The fourth-order valence-electron chi connectivity index (χ4n) is 1.50. The van der Waals surface area contributed by atoms with E-state index in [4.69, 9.17) is 16.2 Å². The Morgan fingerprint density at radius 3 is 2.00 bits per heavy atom. The fraction of sp³-hybridized carbons (Fsp3) is 0.143. The van der Waals surface area contributed by atoms with Crippen LogP contribution >= 0.6 is 0 Å². The van der Waals surface area contributed by atoms with Gasteiger partial charge in [-0.2, -0.15) is 0 Å². The van der Waals surface area contributed by atoms with Gasteiger partial charge in [0.2, 0.25) is 0 Å². The highest BCUT2D eigenvalue weighted by atomic mass is 16.5. The summed E-state index contributed by atoms with van der Waals surface area (Å²) in [4.78, 5) is 0. The maximum Gasteiger partial charge on any atom is 0.119 e.